The molecule has 0 saturated carbocycles. The summed E-state index contributed by atoms with van der Waals surface area (Å²) in [5.74, 6) is 0.962. The van der Waals surface area contributed by atoms with Gasteiger partial charge in [0.2, 0.25) is 15.9 Å². The lowest BCUT2D eigenvalue weighted by atomic mass is 9.87. The molecule has 0 unspecified atom stereocenters. The second-order valence-electron chi connectivity index (χ2n) is 10.1. The molecule has 2 aromatic rings. The van der Waals surface area contributed by atoms with Crippen LogP contribution in [-0.2, 0) is 26.7 Å². The number of likely N-dealkylation sites (N-methyl/N-ethyl adjacent to an activating group) is 1. The summed E-state index contributed by atoms with van der Waals surface area (Å²) in [5, 5.41) is 3.27. The minimum atomic E-state index is -3.58. The highest BCUT2D eigenvalue weighted by atomic mass is 32.2. The Labute approximate surface area is 210 Å². The third-order valence-electron chi connectivity index (χ3n) is 6.36. The molecule has 1 N–H and O–H groups in total. The fourth-order valence-electron chi connectivity index (χ4n) is 3.91. The number of nitrogens with one attached hydrogen (secondary N) is 1. The van der Waals surface area contributed by atoms with Crippen molar-refractivity contribution >= 4 is 21.8 Å². The smallest absolute Gasteiger partial charge is 0.242 e. The van der Waals surface area contributed by atoms with Gasteiger partial charge in [-0.3, -0.25) is 9.79 Å². The van der Waals surface area contributed by atoms with Crippen LogP contribution in [0.1, 0.15) is 50.3 Å². The monoisotopic (exact) mass is 498 g/mol. The topological polar surface area (TPSA) is 82.1 Å². The number of amidine groups is 1. The van der Waals surface area contributed by atoms with Crippen LogP contribution in [0.3, 0.4) is 0 Å². The van der Waals surface area contributed by atoms with Crippen molar-refractivity contribution in [2.45, 2.75) is 50.3 Å². The molecule has 0 fully saturated rings. The molecule has 7 nitrogen and oxygen atoms in total. The lowest BCUT2D eigenvalue weighted by Gasteiger charge is -2.21. The number of hydrogen-bond donors (Lipinski definition) is 1. The van der Waals surface area contributed by atoms with E-state index in [2.05, 4.69) is 55.3 Å². The summed E-state index contributed by atoms with van der Waals surface area (Å²) in [4.78, 5) is 19.0. The highest BCUT2D eigenvalue weighted by Crippen LogP contribution is 2.24. The maximum atomic E-state index is 12.9. The number of carbonyl (C=O) groups is 1. The lowest BCUT2D eigenvalue weighted by Crippen LogP contribution is -2.31. The molecule has 0 aliphatic carbocycles. The predicted octanol–water partition coefficient (Wildman–Crippen LogP) is 3.44. The molecule has 1 aliphatic heterocycles. The Morgan fingerprint density at radius 1 is 1.00 bits per heavy atom. The number of aliphatic imine (C=N–C) groups is 1. The van der Waals surface area contributed by atoms with Crippen LogP contribution in [0.25, 0.3) is 0 Å². The molecule has 0 saturated heterocycles. The summed E-state index contributed by atoms with van der Waals surface area (Å²) in [6.07, 6.45) is 1.55. The van der Waals surface area contributed by atoms with Crippen molar-refractivity contribution in [2.75, 3.05) is 40.3 Å². The van der Waals surface area contributed by atoms with E-state index < -0.39 is 10.0 Å². The number of nitrogens with zero attached hydrogens (tertiary/aromatic N) is 3. The van der Waals surface area contributed by atoms with E-state index >= 15 is 0 Å². The average molecular weight is 499 g/mol. The molecule has 3 rings (SSSR count). The molecule has 0 spiro atoms. The Kier molecular flexibility index (Phi) is 8.72. The first-order chi connectivity index (χ1) is 16.5. The van der Waals surface area contributed by atoms with E-state index in [-0.39, 0.29) is 16.2 Å². The van der Waals surface area contributed by atoms with E-state index in [0.717, 1.165) is 42.0 Å². The number of rotatable bonds is 10. The van der Waals surface area contributed by atoms with Crippen molar-refractivity contribution in [1.82, 2.24) is 14.5 Å². The van der Waals surface area contributed by atoms with Crippen LogP contribution in [0.4, 0.5) is 0 Å². The van der Waals surface area contributed by atoms with E-state index in [4.69, 9.17) is 0 Å². The third-order valence-corrected chi connectivity index (χ3v) is 8.23. The highest BCUT2D eigenvalue weighted by molar-refractivity contribution is 7.89. The van der Waals surface area contributed by atoms with Crippen LogP contribution < -0.4 is 5.32 Å². The zero-order chi connectivity index (χ0) is 25.6. The van der Waals surface area contributed by atoms with Crippen molar-refractivity contribution in [3.05, 3.63) is 65.2 Å². The molecule has 1 amide bonds. The minimum Gasteiger partial charge on any atom is -0.368 e. The molecule has 0 bridgehead atoms. The van der Waals surface area contributed by atoms with E-state index in [9.17, 15) is 13.2 Å². The molecule has 0 radical (unpaired) electrons. The largest absolute Gasteiger partial charge is 0.368 e. The van der Waals surface area contributed by atoms with Crippen molar-refractivity contribution in [1.29, 1.82) is 0 Å². The van der Waals surface area contributed by atoms with Gasteiger partial charge in [-0.1, -0.05) is 57.2 Å². The van der Waals surface area contributed by atoms with E-state index in [1.165, 1.54) is 4.31 Å². The van der Waals surface area contributed by atoms with Crippen LogP contribution >= 0.6 is 0 Å². The molecular formula is C27H38N4O3S. The van der Waals surface area contributed by atoms with Gasteiger partial charge in [-0.05, 0) is 41.5 Å². The van der Waals surface area contributed by atoms with E-state index in [0.29, 0.717) is 25.9 Å². The molecular weight excluding hydrogens is 460 g/mol. The molecule has 0 atom stereocenters. The van der Waals surface area contributed by atoms with Crippen molar-refractivity contribution < 1.29 is 13.2 Å². The Balaban J connectivity index is 1.43. The van der Waals surface area contributed by atoms with Gasteiger partial charge >= 0.3 is 0 Å². The van der Waals surface area contributed by atoms with Gasteiger partial charge in [0.05, 0.1) is 11.4 Å². The maximum absolute atomic E-state index is 12.9. The molecule has 35 heavy (non-hydrogen) atoms. The first kappa shape index (κ1) is 26.9. The molecule has 2 aromatic carbocycles. The van der Waals surface area contributed by atoms with E-state index in [1.807, 2.05) is 12.1 Å². The van der Waals surface area contributed by atoms with Gasteiger partial charge in [0.1, 0.15) is 5.84 Å². The first-order valence-corrected chi connectivity index (χ1v) is 13.6. The molecule has 0 aromatic heterocycles. The fraction of sp³-hybridized carbons (Fsp3) is 0.481. The van der Waals surface area contributed by atoms with Gasteiger partial charge in [0, 0.05) is 45.7 Å². The third kappa shape index (κ3) is 7.15. The van der Waals surface area contributed by atoms with Crippen molar-refractivity contribution in [3.8, 4) is 0 Å². The van der Waals surface area contributed by atoms with Crippen LogP contribution in [-0.4, -0.2) is 69.6 Å². The number of benzene rings is 2. The highest BCUT2D eigenvalue weighted by Gasteiger charge is 2.22. The average Bonchev–Trinajstić information content (AvgIpc) is 3.37. The molecule has 190 valence electrons. The predicted molar refractivity (Wildman–Crippen MR) is 141 cm³/mol. The van der Waals surface area contributed by atoms with Gasteiger partial charge in [0.25, 0.3) is 0 Å². The summed E-state index contributed by atoms with van der Waals surface area (Å²) in [7, 11) is -0.216. The van der Waals surface area contributed by atoms with Gasteiger partial charge in [0.15, 0.2) is 0 Å². The number of amides is 1. The summed E-state index contributed by atoms with van der Waals surface area (Å²) in [6.45, 7) is 8.89. The summed E-state index contributed by atoms with van der Waals surface area (Å²) >= 11 is 0. The van der Waals surface area contributed by atoms with Crippen LogP contribution in [0.15, 0.2) is 58.4 Å². The molecule has 8 heteroatoms. The Bertz CT molecular complexity index is 1130. The Morgan fingerprint density at radius 3 is 2.23 bits per heavy atom. The second kappa shape index (κ2) is 11.4. The summed E-state index contributed by atoms with van der Waals surface area (Å²) < 4.78 is 27.1. The van der Waals surface area contributed by atoms with Gasteiger partial charge in [-0.15, -0.1) is 0 Å². The first-order valence-electron chi connectivity index (χ1n) is 12.2. The zero-order valence-corrected chi connectivity index (χ0v) is 22.4. The summed E-state index contributed by atoms with van der Waals surface area (Å²) in [6, 6.07) is 15.3. The van der Waals surface area contributed by atoms with Gasteiger partial charge in [-0.25, -0.2) is 12.7 Å². The van der Waals surface area contributed by atoms with Gasteiger partial charge < -0.3 is 10.2 Å². The second-order valence-corrected chi connectivity index (χ2v) is 12.2. The number of hydrogen-bond acceptors (Lipinski definition) is 5. The molecule has 1 aliphatic rings. The van der Waals surface area contributed by atoms with Crippen LogP contribution in [0, 0.1) is 0 Å². The van der Waals surface area contributed by atoms with E-state index in [1.54, 1.807) is 31.1 Å². The zero-order valence-electron chi connectivity index (χ0n) is 21.5. The minimum absolute atomic E-state index is 0.0199. The lowest BCUT2D eigenvalue weighted by molar-refractivity contribution is -0.130. The normalized spacial score (nSPS) is 14.1. The fourth-order valence-corrected chi connectivity index (χ4v) is 5.12. The van der Waals surface area contributed by atoms with Crippen molar-refractivity contribution in [2.24, 2.45) is 4.99 Å². The van der Waals surface area contributed by atoms with Crippen LogP contribution in [0.5, 0.6) is 0 Å². The Morgan fingerprint density at radius 2 is 1.66 bits per heavy atom. The quantitative estimate of drug-likeness (QED) is 0.544. The number of sulfonamides is 1. The summed E-state index contributed by atoms with van der Waals surface area (Å²) in [5.41, 5.74) is 3.30. The Hall–Kier alpha value is -2.71. The van der Waals surface area contributed by atoms with Crippen molar-refractivity contribution in [3.63, 3.8) is 0 Å². The standard InChI is InChI=1S/C27H38N4O3S/c1-27(2,3)23-12-14-24(15-13-23)35(33,34)31(5)19-6-7-25(32)30(4)20-16-21-8-10-22(11-9-21)26-28-17-18-29-26/h8-15H,6-7,16-20H2,1-5H3,(H,28,29). The SMILES string of the molecule is CN(CCc1ccc(C2=NCCN2)cc1)C(=O)CCCN(C)S(=O)(=O)c1ccc(C(C)(C)C)cc1. The molecule has 1 heterocycles. The maximum Gasteiger partial charge on any atom is 0.242 e. The van der Waals surface area contributed by atoms with Crippen LogP contribution in [0.2, 0.25) is 0 Å². The van der Waals surface area contributed by atoms with Gasteiger partial charge in [-0.2, -0.15) is 0 Å². The number of carbonyl (C=O) groups excluding carboxylic acids is 1.